The van der Waals surface area contributed by atoms with Crippen LogP contribution in [0.4, 0.5) is 0 Å². The highest BCUT2D eigenvalue weighted by Crippen LogP contribution is 2.19. The normalized spacial score (nSPS) is 17.9. The highest BCUT2D eigenvalue weighted by atomic mass is 127. The van der Waals surface area contributed by atoms with Crippen LogP contribution >= 0.6 is 46.6 Å². The third-order valence-electron chi connectivity index (χ3n) is 3.18. The second-order valence-electron chi connectivity index (χ2n) is 4.53. The minimum atomic E-state index is -0.0180. The molecule has 1 atom stereocenters. The first-order valence-electron chi connectivity index (χ1n) is 6.11. The molecule has 0 spiro atoms. The van der Waals surface area contributed by atoms with Gasteiger partial charge >= 0.3 is 0 Å². The number of benzene rings is 1. The Kier molecular flexibility index (Phi) is 7.42. The SMILES string of the molecule is Cl.O=C(NCCC1CCNC1)c1ccc(Cl)c(I)c1. The summed E-state index contributed by atoms with van der Waals surface area (Å²) in [7, 11) is 0. The number of nitrogens with one attached hydrogen (secondary N) is 2. The van der Waals surface area contributed by atoms with E-state index in [4.69, 9.17) is 11.6 Å². The third-order valence-corrected chi connectivity index (χ3v) is 4.72. The molecule has 1 aliphatic heterocycles. The Balaban J connectivity index is 0.00000180. The first kappa shape index (κ1) is 17.0. The van der Waals surface area contributed by atoms with Crippen LogP contribution in [0.5, 0.6) is 0 Å². The van der Waals surface area contributed by atoms with Gasteiger partial charge in [-0.1, -0.05) is 11.6 Å². The Morgan fingerprint density at radius 2 is 2.32 bits per heavy atom. The van der Waals surface area contributed by atoms with E-state index in [9.17, 15) is 4.79 Å². The summed E-state index contributed by atoms with van der Waals surface area (Å²) in [5, 5.41) is 6.97. The molecule has 1 saturated heterocycles. The Morgan fingerprint density at radius 3 is 2.95 bits per heavy atom. The van der Waals surface area contributed by atoms with Crippen molar-refractivity contribution in [3.05, 3.63) is 32.4 Å². The van der Waals surface area contributed by atoms with E-state index < -0.39 is 0 Å². The van der Waals surface area contributed by atoms with Crippen LogP contribution in [0, 0.1) is 9.49 Å². The molecular formula is C13H17Cl2IN2O. The fraction of sp³-hybridized carbons (Fsp3) is 0.462. The number of rotatable bonds is 4. The zero-order valence-electron chi connectivity index (χ0n) is 10.4. The van der Waals surface area contributed by atoms with Crippen LogP contribution in [-0.2, 0) is 0 Å². The van der Waals surface area contributed by atoms with E-state index in [0.29, 0.717) is 16.5 Å². The minimum absolute atomic E-state index is 0. The number of hydrogen-bond donors (Lipinski definition) is 2. The van der Waals surface area contributed by atoms with E-state index in [0.717, 1.165) is 29.6 Å². The molecule has 1 aliphatic rings. The quantitative estimate of drug-likeness (QED) is 0.743. The van der Waals surface area contributed by atoms with E-state index in [-0.39, 0.29) is 18.3 Å². The predicted octanol–water partition coefficient (Wildman–Crippen LogP) is 3.10. The van der Waals surface area contributed by atoms with E-state index in [1.54, 1.807) is 12.1 Å². The van der Waals surface area contributed by atoms with Gasteiger partial charge in [0, 0.05) is 15.7 Å². The first-order chi connectivity index (χ1) is 8.66. The van der Waals surface area contributed by atoms with Gasteiger partial charge in [-0.3, -0.25) is 4.79 Å². The van der Waals surface area contributed by atoms with Gasteiger partial charge < -0.3 is 10.6 Å². The molecule has 0 bridgehead atoms. The van der Waals surface area contributed by atoms with Gasteiger partial charge in [0.25, 0.3) is 5.91 Å². The van der Waals surface area contributed by atoms with E-state index >= 15 is 0 Å². The molecule has 19 heavy (non-hydrogen) atoms. The van der Waals surface area contributed by atoms with Crippen LogP contribution in [0.3, 0.4) is 0 Å². The van der Waals surface area contributed by atoms with E-state index in [1.807, 2.05) is 6.07 Å². The topological polar surface area (TPSA) is 41.1 Å². The summed E-state index contributed by atoms with van der Waals surface area (Å²) in [5.41, 5.74) is 0.674. The summed E-state index contributed by atoms with van der Waals surface area (Å²) < 4.78 is 0.905. The smallest absolute Gasteiger partial charge is 0.251 e. The third kappa shape index (κ3) is 5.10. The minimum Gasteiger partial charge on any atom is -0.352 e. The van der Waals surface area contributed by atoms with Crippen molar-refractivity contribution < 1.29 is 4.79 Å². The maximum Gasteiger partial charge on any atom is 0.251 e. The number of halogens is 3. The second kappa shape index (κ2) is 8.29. The summed E-state index contributed by atoms with van der Waals surface area (Å²) in [6, 6.07) is 5.34. The molecule has 0 aromatic heterocycles. The highest BCUT2D eigenvalue weighted by molar-refractivity contribution is 14.1. The molecule has 2 N–H and O–H groups in total. The Morgan fingerprint density at radius 1 is 1.53 bits per heavy atom. The first-order valence-corrected chi connectivity index (χ1v) is 7.56. The van der Waals surface area contributed by atoms with Crippen LogP contribution in [-0.4, -0.2) is 25.5 Å². The van der Waals surface area contributed by atoms with Gasteiger partial charge in [0.1, 0.15) is 0 Å². The molecule has 0 aliphatic carbocycles. The molecule has 1 amide bonds. The van der Waals surface area contributed by atoms with E-state index in [1.165, 1.54) is 6.42 Å². The second-order valence-corrected chi connectivity index (χ2v) is 6.10. The van der Waals surface area contributed by atoms with Crippen LogP contribution in [0.25, 0.3) is 0 Å². The molecule has 1 heterocycles. The fourth-order valence-electron chi connectivity index (χ4n) is 2.09. The van der Waals surface area contributed by atoms with E-state index in [2.05, 4.69) is 33.2 Å². The van der Waals surface area contributed by atoms with Gasteiger partial charge in [-0.05, 0) is 72.6 Å². The lowest BCUT2D eigenvalue weighted by atomic mass is 10.1. The number of carbonyl (C=O) groups excluding carboxylic acids is 1. The molecule has 106 valence electrons. The molecular weight excluding hydrogens is 398 g/mol. The highest BCUT2D eigenvalue weighted by Gasteiger charge is 2.14. The molecule has 0 saturated carbocycles. The van der Waals surface area contributed by atoms with Crippen LogP contribution in [0.2, 0.25) is 5.02 Å². The van der Waals surface area contributed by atoms with Crippen LogP contribution in [0.15, 0.2) is 18.2 Å². The van der Waals surface area contributed by atoms with Crippen molar-refractivity contribution in [2.75, 3.05) is 19.6 Å². The van der Waals surface area contributed by atoms with Crippen molar-refractivity contribution in [1.29, 1.82) is 0 Å². The largest absolute Gasteiger partial charge is 0.352 e. The Bertz CT molecular complexity index is 437. The van der Waals surface area contributed by atoms with Gasteiger partial charge in [0.15, 0.2) is 0 Å². The number of amides is 1. The Hall–Kier alpha value is -0.0400. The van der Waals surface area contributed by atoms with Gasteiger partial charge in [-0.25, -0.2) is 0 Å². The van der Waals surface area contributed by atoms with Crippen molar-refractivity contribution in [3.8, 4) is 0 Å². The van der Waals surface area contributed by atoms with Gasteiger partial charge in [0.05, 0.1) is 5.02 Å². The number of carbonyl (C=O) groups is 1. The summed E-state index contributed by atoms with van der Waals surface area (Å²) in [5.74, 6) is 0.686. The standard InChI is InChI=1S/C13H16ClIN2O.ClH/c14-11-2-1-10(7-12(11)15)13(18)17-6-4-9-3-5-16-8-9;/h1-2,7,9,16H,3-6,8H2,(H,17,18);1H. The van der Waals surface area contributed by atoms with Gasteiger partial charge in [-0.15, -0.1) is 12.4 Å². The average Bonchev–Trinajstić information content (AvgIpc) is 2.85. The monoisotopic (exact) mass is 414 g/mol. The molecule has 1 fully saturated rings. The average molecular weight is 415 g/mol. The Labute approximate surface area is 138 Å². The predicted molar refractivity (Wildman–Crippen MR) is 89.3 cm³/mol. The summed E-state index contributed by atoms with van der Waals surface area (Å²) in [4.78, 5) is 11.9. The molecule has 3 nitrogen and oxygen atoms in total. The molecule has 6 heteroatoms. The summed E-state index contributed by atoms with van der Waals surface area (Å²) >= 11 is 8.06. The van der Waals surface area contributed by atoms with Gasteiger partial charge in [-0.2, -0.15) is 0 Å². The zero-order chi connectivity index (χ0) is 13.0. The zero-order valence-corrected chi connectivity index (χ0v) is 14.1. The van der Waals surface area contributed by atoms with Crippen LogP contribution in [0.1, 0.15) is 23.2 Å². The summed E-state index contributed by atoms with van der Waals surface area (Å²) in [6.07, 6.45) is 2.26. The lowest BCUT2D eigenvalue weighted by Crippen LogP contribution is -2.26. The lowest BCUT2D eigenvalue weighted by Gasteiger charge is -2.09. The maximum absolute atomic E-state index is 11.9. The molecule has 1 aromatic carbocycles. The van der Waals surface area contributed by atoms with Crippen molar-refractivity contribution in [2.45, 2.75) is 12.8 Å². The molecule has 1 aromatic rings. The van der Waals surface area contributed by atoms with Crippen molar-refractivity contribution in [2.24, 2.45) is 5.92 Å². The van der Waals surface area contributed by atoms with Gasteiger partial charge in [0.2, 0.25) is 0 Å². The van der Waals surface area contributed by atoms with Crippen molar-refractivity contribution in [1.82, 2.24) is 10.6 Å². The lowest BCUT2D eigenvalue weighted by molar-refractivity contribution is 0.0951. The fourth-order valence-corrected chi connectivity index (χ4v) is 2.72. The number of hydrogen-bond acceptors (Lipinski definition) is 2. The maximum atomic E-state index is 11.9. The van der Waals surface area contributed by atoms with Crippen molar-refractivity contribution >= 4 is 52.5 Å². The molecule has 2 rings (SSSR count). The summed E-state index contributed by atoms with van der Waals surface area (Å²) in [6.45, 7) is 2.92. The molecule has 0 radical (unpaired) electrons. The van der Waals surface area contributed by atoms with Crippen molar-refractivity contribution in [3.63, 3.8) is 0 Å². The van der Waals surface area contributed by atoms with Crippen LogP contribution < -0.4 is 10.6 Å². The molecule has 1 unspecified atom stereocenters.